The summed E-state index contributed by atoms with van der Waals surface area (Å²) < 4.78 is 21.5. The first-order valence-corrected chi connectivity index (χ1v) is 16.1. The van der Waals surface area contributed by atoms with Gasteiger partial charge in [-0.25, -0.2) is 5.06 Å². The molecule has 33 heavy (non-hydrogen) atoms. The minimum Gasteiger partial charge on any atom is -0.414 e. The Kier molecular flexibility index (Phi) is 7.23. The van der Waals surface area contributed by atoms with E-state index in [0.29, 0.717) is 17.8 Å². The number of nitriles is 1. The lowest BCUT2D eigenvalue weighted by atomic mass is 9.68. The zero-order valence-electron chi connectivity index (χ0n) is 21.6. The number of hydrogen-bond donors (Lipinski definition) is 0. The summed E-state index contributed by atoms with van der Waals surface area (Å²) in [6.07, 6.45) is 0.781. The Hall–Kier alpha value is -1.29. The van der Waals surface area contributed by atoms with E-state index in [-0.39, 0.29) is 34.5 Å². The fraction of sp³-hybridized carbons (Fsp3) is 0.750. The summed E-state index contributed by atoms with van der Waals surface area (Å²) in [4.78, 5) is 18.5. The molecule has 2 fully saturated rings. The summed E-state index contributed by atoms with van der Waals surface area (Å²) >= 11 is 0. The van der Waals surface area contributed by atoms with Crippen LogP contribution in [0.15, 0.2) is 23.8 Å². The lowest BCUT2D eigenvalue weighted by molar-refractivity contribution is -0.267. The molecule has 0 bridgehead atoms. The van der Waals surface area contributed by atoms with Crippen molar-refractivity contribution in [2.75, 3.05) is 6.61 Å². The first kappa shape index (κ1) is 26.3. The van der Waals surface area contributed by atoms with Crippen LogP contribution >= 0.6 is 0 Å². The zero-order valence-corrected chi connectivity index (χ0v) is 23.6. The van der Waals surface area contributed by atoms with E-state index in [0.717, 1.165) is 0 Å². The largest absolute Gasteiger partial charge is 0.414 e. The first-order valence-electron chi connectivity index (χ1n) is 12.2. The van der Waals surface area contributed by atoms with Gasteiger partial charge in [0.15, 0.2) is 0 Å². The normalized spacial score (nSPS) is 31.0. The predicted molar refractivity (Wildman–Crippen MR) is 131 cm³/mol. The third-order valence-electron chi connectivity index (χ3n) is 7.46. The van der Waals surface area contributed by atoms with Crippen molar-refractivity contribution >= 4 is 23.0 Å². The molecule has 3 aliphatic rings. The topological polar surface area (TPSA) is 81.0 Å². The highest BCUT2D eigenvalue weighted by molar-refractivity contribution is 6.84. The monoisotopic (exact) mass is 492 g/mol. The number of amides is 1. The van der Waals surface area contributed by atoms with Crippen molar-refractivity contribution in [1.82, 2.24) is 5.06 Å². The van der Waals surface area contributed by atoms with Gasteiger partial charge in [0.25, 0.3) is 0 Å². The van der Waals surface area contributed by atoms with Crippen molar-refractivity contribution in [2.45, 2.75) is 109 Å². The molecule has 3 atom stereocenters. The smallest absolute Gasteiger partial charge is 0.335 e. The van der Waals surface area contributed by atoms with Crippen LogP contribution in [0.3, 0.4) is 0 Å². The van der Waals surface area contributed by atoms with E-state index in [2.05, 4.69) is 68.0 Å². The quantitative estimate of drug-likeness (QED) is 0.372. The van der Waals surface area contributed by atoms with E-state index in [9.17, 15) is 10.1 Å². The molecule has 0 aromatic carbocycles. The highest BCUT2D eigenvalue weighted by atomic mass is 28.5. The number of rotatable bonds is 6. The minimum atomic E-state index is -2.91. The second-order valence-electron chi connectivity index (χ2n) is 10.7. The molecule has 2 heterocycles. The summed E-state index contributed by atoms with van der Waals surface area (Å²) in [6, 6.07) is 2.32. The van der Waals surface area contributed by atoms with Crippen molar-refractivity contribution in [1.29, 1.82) is 5.26 Å². The van der Waals surface area contributed by atoms with Crippen LogP contribution in [-0.4, -0.2) is 52.4 Å². The van der Waals surface area contributed by atoms with Crippen molar-refractivity contribution in [3.05, 3.63) is 23.8 Å². The molecule has 1 amide bonds. The molecule has 2 saturated heterocycles. The van der Waals surface area contributed by atoms with E-state index >= 15 is 0 Å². The van der Waals surface area contributed by atoms with Gasteiger partial charge in [-0.15, -0.1) is 0 Å². The fourth-order valence-corrected chi connectivity index (χ4v) is 17.0. The lowest BCUT2D eigenvalue weighted by Gasteiger charge is -2.57. The van der Waals surface area contributed by atoms with Gasteiger partial charge < -0.3 is 13.0 Å². The standard InChI is InChI=1S/C24H40N2O5Si2/c1-11-28-26-21(27)13-24(26)20(14-25)12-19(10)22-23(24)30-33(17(6)7,18(8)9)31-32(29-22,15(2)3)16(4)5/h12,15-18,22-23H,10-11,13H2,1-9H3. The van der Waals surface area contributed by atoms with Gasteiger partial charge in [0, 0.05) is 0 Å². The summed E-state index contributed by atoms with van der Waals surface area (Å²) in [5, 5.41) is 11.5. The molecule has 9 heteroatoms. The first-order chi connectivity index (χ1) is 15.3. The van der Waals surface area contributed by atoms with Crippen LogP contribution in [0, 0.1) is 11.3 Å². The SMILES string of the molecule is C=C1C=C(C#N)C2(CC(=O)N2OCC)C2O[Si](C(C)C)(C(C)C)O[Si](C(C)C)(C(C)C)OC12. The van der Waals surface area contributed by atoms with Gasteiger partial charge in [0.1, 0.15) is 11.6 Å². The molecule has 0 saturated carbocycles. The second-order valence-corrected chi connectivity index (χ2v) is 19.5. The van der Waals surface area contributed by atoms with E-state index in [1.54, 1.807) is 6.08 Å². The van der Waals surface area contributed by atoms with E-state index in [4.69, 9.17) is 17.8 Å². The molecule has 3 rings (SSSR count). The summed E-state index contributed by atoms with van der Waals surface area (Å²) in [6.45, 7) is 23.7. The maximum atomic E-state index is 12.7. The molecule has 0 aromatic rings. The van der Waals surface area contributed by atoms with Gasteiger partial charge in [-0.05, 0) is 40.7 Å². The summed E-state index contributed by atoms with van der Waals surface area (Å²) in [7, 11) is -5.73. The maximum Gasteiger partial charge on any atom is 0.335 e. The van der Waals surface area contributed by atoms with Crippen LogP contribution < -0.4 is 0 Å². The van der Waals surface area contributed by atoms with Crippen LogP contribution in [0.1, 0.15) is 68.7 Å². The summed E-state index contributed by atoms with van der Waals surface area (Å²) in [5.74, 6) is -0.157. The lowest BCUT2D eigenvalue weighted by Crippen LogP contribution is -2.74. The van der Waals surface area contributed by atoms with Crippen molar-refractivity contribution in [3.63, 3.8) is 0 Å². The number of hydrogen-bond acceptors (Lipinski definition) is 6. The van der Waals surface area contributed by atoms with Gasteiger partial charge in [0.2, 0.25) is 5.91 Å². The third kappa shape index (κ3) is 3.70. The Balaban J connectivity index is 2.30. The third-order valence-corrected chi connectivity index (χ3v) is 17.7. The number of nitrogens with zero attached hydrogens (tertiary/aromatic N) is 2. The van der Waals surface area contributed by atoms with Crippen LogP contribution in [0.4, 0.5) is 0 Å². The second kappa shape index (κ2) is 9.06. The van der Waals surface area contributed by atoms with Gasteiger partial charge in [-0.3, -0.25) is 9.63 Å². The average Bonchev–Trinajstić information content (AvgIpc) is 2.91. The Bertz CT molecular complexity index is 863. The molecule has 1 aliphatic carbocycles. The summed E-state index contributed by atoms with van der Waals surface area (Å²) in [5.41, 5.74) is 0.740. The van der Waals surface area contributed by atoms with Crippen molar-refractivity contribution in [3.8, 4) is 6.07 Å². The van der Waals surface area contributed by atoms with Crippen molar-refractivity contribution in [2.24, 2.45) is 0 Å². The van der Waals surface area contributed by atoms with Gasteiger partial charge in [-0.2, -0.15) is 5.26 Å². The minimum absolute atomic E-state index is 0.141. The number of carbonyl (C=O) groups is 1. The molecule has 0 aromatic heterocycles. The van der Waals surface area contributed by atoms with Gasteiger partial charge >= 0.3 is 17.1 Å². The van der Waals surface area contributed by atoms with Crippen LogP contribution in [0.2, 0.25) is 22.2 Å². The molecule has 0 radical (unpaired) electrons. The fourth-order valence-electron chi connectivity index (χ4n) is 5.70. The molecule has 3 unspecified atom stereocenters. The number of hydroxylamine groups is 2. The molecular formula is C24H40N2O5Si2. The maximum absolute atomic E-state index is 12.7. The number of β-lactam (4-membered cyclic amide) rings is 1. The Morgan fingerprint density at radius 2 is 1.64 bits per heavy atom. The Labute approximate surface area is 201 Å². The van der Waals surface area contributed by atoms with Gasteiger partial charge in [0.05, 0.1) is 30.8 Å². The number of fused-ring (bicyclic) bond motifs is 2. The van der Waals surface area contributed by atoms with Crippen molar-refractivity contribution < 1.29 is 22.6 Å². The molecule has 7 nitrogen and oxygen atoms in total. The average molecular weight is 493 g/mol. The van der Waals surface area contributed by atoms with Gasteiger partial charge in [-0.1, -0.05) is 62.0 Å². The zero-order chi connectivity index (χ0) is 24.9. The Morgan fingerprint density at radius 1 is 1.12 bits per heavy atom. The van der Waals surface area contributed by atoms with E-state index in [1.807, 2.05) is 6.92 Å². The number of carbonyl (C=O) groups excluding carboxylic acids is 1. The molecule has 184 valence electrons. The molecular weight excluding hydrogens is 452 g/mol. The predicted octanol–water partition coefficient (Wildman–Crippen LogP) is 5.25. The highest BCUT2D eigenvalue weighted by Gasteiger charge is 2.70. The molecule has 1 spiro atoms. The Morgan fingerprint density at radius 3 is 2.06 bits per heavy atom. The van der Waals surface area contributed by atoms with Crippen LogP contribution in [0.25, 0.3) is 0 Å². The van der Waals surface area contributed by atoms with E-state index in [1.165, 1.54) is 5.06 Å². The molecule has 0 N–H and O–H groups in total. The highest BCUT2D eigenvalue weighted by Crippen LogP contribution is 2.55. The van der Waals surface area contributed by atoms with Crippen LogP contribution in [-0.2, 0) is 22.6 Å². The van der Waals surface area contributed by atoms with E-state index < -0.39 is 34.9 Å². The van der Waals surface area contributed by atoms with Crippen LogP contribution in [0.5, 0.6) is 0 Å². The molecule has 2 aliphatic heterocycles.